The summed E-state index contributed by atoms with van der Waals surface area (Å²) in [7, 11) is 1.61. The van der Waals surface area contributed by atoms with Gasteiger partial charge in [0.15, 0.2) is 0 Å². The molecular weight excluding hydrogens is 290 g/mol. The summed E-state index contributed by atoms with van der Waals surface area (Å²) in [4.78, 5) is 14.7. The number of amides is 1. The Morgan fingerprint density at radius 2 is 2.22 bits per heavy atom. The van der Waals surface area contributed by atoms with Gasteiger partial charge in [-0.2, -0.15) is 0 Å². The lowest BCUT2D eigenvalue weighted by atomic mass is 10.1. The number of methoxy groups -OCH3 is 1. The molecule has 0 spiro atoms. The van der Waals surface area contributed by atoms with Crippen LogP contribution < -0.4 is 15.4 Å². The van der Waals surface area contributed by atoms with Crippen LogP contribution in [-0.2, 0) is 4.79 Å². The van der Waals surface area contributed by atoms with E-state index in [0.29, 0.717) is 18.2 Å². The van der Waals surface area contributed by atoms with Crippen LogP contribution >= 0.6 is 0 Å². The second-order valence-corrected chi connectivity index (χ2v) is 6.19. The Kier molecular flexibility index (Phi) is 6.86. The number of carbonyl (C=O) groups excluding carboxylic acids is 1. The highest BCUT2D eigenvalue weighted by atomic mass is 16.5. The van der Waals surface area contributed by atoms with Crippen molar-refractivity contribution in [3.63, 3.8) is 0 Å². The number of hydrogen-bond acceptors (Lipinski definition) is 4. The molecule has 1 fully saturated rings. The maximum Gasteiger partial charge on any atom is 0.226 e. The van der Waals surface area contributed by atoms with Gasteiger partial charge in [0, 0.05) is 25.0 Å². The molecule has 2 rings (SSSR count). The molecule has 1 heterocycles. The Morgan fingerprint density at radius 1 is 1.43 bits per heavy atom. The van der Waals surface area contributed by atoms with E-state index in [1.807, 2.05) is 24.3 Å². The van der Waals surface area contributed by atoms with Crippen LogP contribution in [0, 0.1) is 0 Å². The number of likely N-dealkylation sites (tertiary alicyclic amines) is 1. The summed E-state index contributed by atoms with van der Waals surface area (Å²) in [5.41, 5.74) is 0.722. The lowest BCUT2D eigenvalue weighted by Gasteiger charge is -2.24. The van der Waals surface area contributed by atoms with Crippen LogP contribution in [0.4, 0.5) is 5.69 Å². The van der Waals surface area contributed by atoms with E-state index in [9.17, 15) is 4.79 Å². The van der Waals surface area contributed by atoms with Gasteiger partial charge in [0.1, 0.15) is 5.75 Å². The van der Waals surface area contributed by atoms with E-state index in [1.54, 1.807) is 7.11 Å². The molecule has 1 aliphatic rings. The zero-order valence-electron chi connectivity index (χ0n) is 14.5. The summed E-state index contributed by atoms with van der Waals surface area (Å²) >= 11 is 0. The lowest BCUT2D eigenvalue weighted by molar-refractivity contribution is -0.116. The highest BCUT2D eigenvalue weighted by molar-refractivity contribution is 5.92. The molecule has 0 saturated carbocycles. The molecule has 2 N–H and O–H groups in total. The molecule has 0 aromatic heterocycles. The largest absolute Gasteiger partial charge is 0.495 e. The second kappa shape index (κ2) is 8.89. The summed E-state index contributed by atoms with van der Waals surface area (Å²) in [6.45, 7) is 7.53. The van der Waals surface area contributed by atoms with Crippen molar-refractivity contribution in [1.29, 1.82) is 0 Å². The van der Waals surface area contributed by atoms with Crippen LogP contribution in [0.15, 0.2) is 24.3 Å². The Labute approximate surface area is 139 Å². The average molecular weight is 319 g/mol. The summed E-state index contributed by atoms with van der Waals surface area (Å²) in [5.74, 6) is 0.694. The van der Waals surface area contributed by atoms with E-state index in [1.165, 1.54) is 19.4 Å². The van der Waals surface area contributed by atoms with Crippen molar-refractivity contribution in [2.75, 3.05) is 32.1 Å². The summed E-state index contributed by atoms with van der Waals surface area (Å²) in [5, 5.41) is 6.43. The molecule has 0 radical (unpaired) electrons. The molecule has 2 atom stereocenters. The third-order valence-corrected chi connectivity index (χ3v) is 4.48. The van der Waals surface area contributed by atoms with Gasteiger partial charge in [0.2, 0.25) is 5.91 Å². The van der Waals surface area contributed by atoms with Gasteiger partial charge in [0.05, 0.1) is 12.8 Å². The molecule has 128 valence electrons. The molecular formula is C18H29N3O2. The quantitative estimate of drug-likeness (QED) is 0.773. The summed E-state index contributed by atoms with van der Waals surface area (Å²) in [6, 6.07) is 8.24. The Bertz CT molecular complexity index is 507. The van der Waals surface area contributed by atoms with Gasteiger partial charge in [-0.15, -0.1) is 0 Å². The van der Waals surface area contributed by atoms with Crippen molar-refractivity contribution < 1.29 is 9.53 Å². The van der Waals surface area contributed by atoms with Crippen molar-refractivity contribution in [3.05, 3.63) is 24.3 Å². The van der Waals surface area contributed by atoms with Gasteiger partial charge >= 0.3 is 0 Å². The number of rotatable bonds is 8. The van der Waals surface area contributed by atoms with Crippen LogP contribution in [0.3, 0.4) is 0 Å². The molecule has 0 unspecified atom stereocenters. The highest BCUT2D eigenvalue weighted by Crippen LogP contribution is 2.23. The molecule has 1 aromatic rings. The smallest absolute Gasteiger partial charge is 0.226 e. The van der Waals surface area contributed by atoms with Crippen LogP contribution in [0.25, 0.3) is 0 Å². The normalized spacial score (nSPS) is 19.5. The first-order chi connectivity index (χ1) is 11.1. The van der Waals surface area contributed by atoms with Crippen molar-refractivity contribution in [2.45, 2.75) is 45.2 Å². The van der Waals surface area contributed by atoms with Gasteiger partial charge in [-0.25, -0.2) is 0 Å². The van der Waals surface area contributed by atoms with Crippen molar-refractivity contribution in [3.8, 4) is 5.75 Å². The maximum atomic E-state index is 12.2. The zero-order valence-corrected chi connectivity index (χ0v) is 14.5. The molecule has 5 nitrogen and oxygen atoms in total. The minimum Gasteiger partial charge on any atom is -0.495 e. The van der Waals surface area contributed by atoms with Gasteiger partial charge in [0.25, 0.3) is 0 Å². The number of likely N-dealkylation sites (N-methyl/N-ethyl adjacent to an activating group) is 1. The Balaban J connectivity index is 1.76. The number of hydrogen-bond donors (Lipinski definition) is 2. The standard InChI is InChI=1S/C18H29N3O2/c1-4-21-11-7-8-15(21)13-19-14(2)12-18(22)20-16-9-5-6-10-17(16)23-3/h5-6,9-10,14-15,19H,4,7-8,11-13H2,1-3H3,(H,20,22)/t14-,15+/m1/s1. The van der Waals surface area contributed by atoms with Gasteiger partial charge < -0.3 is 15.4 Å². The van der Waals surface area contributed by atoms with Crippen LogP contribution in [-0.4, -0.2) is 49.6 Å². The van der Waals surface area contributed by atoms with Crippen LogP contribution in [0.2, 0.25) is 0 Å². The van der Waals surface area contributed by atoms with E-state index >= 15 is 0 Å². The van der Waals surface area contributed by atoms with Crippen molar-refractivity contribution in [1.82, 2.24) is 10.2 Å². The van der Waals surface area contributed by atoms with Gasteiger partial charge in [-0.1, -0.05) is 19.1 Å². The van der Waals surface area contributed by atoms with E-state index in [2.05, 4.69) is 29.4 Å². The molecule has 23 heavy (non-hydrogen) atoms. The number of carbonyl (C=O) groups is 1. The SMILES string of the molecule is CCN1CCC[C@H]1CN[C@H](C)CC(=O)Nc1ccccc1OC. The number of ether oxygens (including phenoxy) is 1. The molecule has 0 bridgehead atoms. The first kappa shape index (κ1) is 17.8. The molecule has 1 saturated heterocycles. The van der Waals surface area contributed by atoms with Gasteiger partial charge in [-0.3, -0.25) is 9.69 Å². The maximum absolute atomic E-state index is 12.2. The fraction of sp³-hybridized carbons (Fsp3) is 0.611. The third kappa shape index (κ3) is 5.22. The van der Waals surface area contributed by atoms with Crippen LogP contribution in [0.1, 0.15) is 33.1 Å². The Hall–Kier alpha value is -1.59. The van der Waals surface area contributed by atoms with Crippen LogP contribution in [0.5, 0.6) is 5.75 Å². The number of nitrogens with zero attached hydrogens (tertiary/aromatic N) is 1. The van der Waals surface area contributed by atoms with E-state index in [-0.39, 0.29) is 11.9 Å². The summed E-state index contributed by atoms with van der Waals surface area (Å²) < 4.78 is 5.25. The molecule has 0 aliphatic carbocycles. The van der Waals surface area contributed by atoms with Gasteiger partial charge in [-0.05, 0) is 45.0 Å². The topological polar surface area (TPSA) is 53.6 Å². The first-order valence-corrected chi connectivity index (χ1v) is 8.54. The molecule has 1 amide bonds. The van der Waals surface area contributed by atoms with E-state index in [0.717, 1.165) is 18.8 Å². The average Bonchev–Trinajstić information content (AvgIpc) is 3.01. The number of anilines is 1. The number of nitrogens with one attached hydrogen (secondary N) is 2. The number of benzene rings is 1. The van der Waals surface area contributed by atoms with Crippen molar-refractivity contribution >= 4 is 11.6 Å². The predicted molar refractivity (Wildman–Crippen MR) is 94.0 cm³/mol. The minimum atomic E-state index is 0.00766. The predicted octanol–water partition coefficient (Wildman–Crippen LogP) is 2.49. The minimum absolute atomic E-state index is 0.00766. The Morgan fingerprint density at radius 3 is 2.96 bits per heavy atom. The second-order valence-electron chi connectivity index (χ2n) is 6.19. The van der Waals surface area contributed by atoms with E-state index in [4.69, 9.17) is 4.74 Å². The molecule has 5 heteroatoms. The zero-order chi connectivity index (χ0) is 16.7. The lowest BCUT2D eigenvalue weighted by Crippen LogP contribution is -2.41. The molecule has 1 aromatic carbocycles. The summed E-state index contributed by atoms with van der Waals surface area (Å²) in [6.07, 6.45) is 2.99. The fourth-order valence-corrected chi connectivity index (χ4v) is 3.18. The monoisotopic (exact) mass is 319 g/mol. The highest BCUT2D eigenvalue weighted by Gasteiger charge is 2.23. The third-order valence-electron chi connectivity index (χ3n) is 4.48. The van der Waals surface area contributed by atoms with Crippen molar-refractivity contribution in [2.24, 2.45) is 0 Å². The molecule has 1 aliphatic heterocycles. The number of para-hydroxylation sites is 2. The van der Waals surface area contributed by atoms with E-state index < -0.39 is 0 Å². The first-order valence-electron chi connectivity index (χ1n) is 8.54. The fourth-order valence-electron chi connectivity index (χ4n) is 3.18.